The first-order chi connectivity index (χ1) is 10.9. The fourth-order valence-electron chi connectivity index (χ4n) is 1.69. The summed E-state index contributed by atoms with van der Waals surface area (Å²) in [6.07, 6.45) is 2.67. The first-order valence-electron chi connectivity index (χ1n) is 7.86. The Bertz CT molecular complexity index is 616. The maximum atomic E-state index is 7.46. The summed E-state index contributed by atoms with van der Waals surface area (Å²) >= 11 is 1.46. The lowest BCUT2D eigenvalue weighted by Crippen LogP contribution is -1.96. The van der Waals surface area contributed by atoms with Crippen LogP contribution in [0.5, 0.6) is 0 Å². The highest BCUT2D eigenvalue weighted by Crippen LogP contribution is 2.29. The molecule has 0 aliphatic heterocycles. The van der Waals surface area contributed by atoms with Crippen LogP contribution >= 0.6 is 11.9 Å². The summed E-state index contributed by atoms with van der Waals surface area (Å²) in [4.78, 5) is 0.993. The van der Waals surface area contributed by atoms with Gasteiger partial charge in [0.25, 0.3) is 0 Å². The van der Waals surface area contributed by atoms with Gasteiger partial charge in [0, 0.05) is 11.8 Å². The van der Waals surface area contributed by atoms with Gasteiger partial charge in [-0.2, -0.15) is 0 Å². The quantitative estimate of drug-likeness (QED) is 0.538. The van der Waals surface area contributed by atoms with Crippen LogP contribution in [0.15, 0.2) is 27.6 Å². The highest BCUT2D eigenvalue weighted by Gasteiger charge is 2.11. The van der Waals surface area contributed by atoms with E-state index in [-0.39, 0.29) is 0 Å². The van der Waals surface area contributed by atoms with Crippen molar-refractivity contribution in [3.63, 3.8) is 0 Å². The standard InChI is InChI=1S/C13H15N3OS.C5H12/c1-8-5-4-6-12(11(8)7-14)16-18-13-9(2)15-17-10(13)3;1-4-5(2)3/h4-7,14,16H,1-3H3;5H,4H2,1-3H3. The molecule has 0 radical (unpaired) electrons. The van der Waals surface area contributed by atoms with Crippen molar-refractivity contribution in [3.8, 4) is 0 Å². The number of aromatic nitrogens is 1. The van der Waals surface area contributed by atoms with E-state index in [2.05, 4.69) is 30.6 Å². The average Bonchev–Trinajstić information content (AvgIpc) is 2.84. The molecule has 4 nitrogen and oxygen atoms in total. The molecule has 0 atom stereocenters. The predicted molar refractivity (Wildman–Crippen MR) is 99.7 cm³/mol. The number of rotatable bonds is 5. The van der Waals surface area contributed by atoms with E-state index in [0.29, 0.717) is 0 Å². The van der Waals surface area contributed by atoms with Crippen molar-refractivity contribution < 1.29 is 4.52 Å². The van der Waals surface area contributed by atoms with Crippen molar-refractivity contribution in [1.29, 1.82) is 5.41 Å². The molecule has 0 saturated heterocycles. The summed E-state index contributed by atoms with van der Waals surface area (Å²) in [5.41, 5.74) is 3.77. The van der Waals surface area contributed by atoms with Crippen molar-refractivity contribution in [1.82, 2.24) is 5.16 Å². The fourth-order valence-corrected chi connectivity index (χ4v) is 2.44. The van der Waals surface area contributed by atoms with Crippen molar-refractivity contribution in [2.75, 3.05) is 4.72 Å². The third-order valence-corrected chi connectivity index (χ3v) is 4.62. The Balaban J connectivity index is 0.000000463. The highest BCUT2D eigenvalue weighted by atomic mass is 32.2. The molecule has 0 amide bonds. The monoisotopic (exact) mass is 333 g/mol. The van der Waals surface area contributed by atoms with E-state index in [1.807, 2.05) is 39.0 Å². The number of hydrogen-bond acceptors (Lipinski definition) is 5. The second kappa shape index (κ2) is 9.40. The van der Waals surface area contributed by atoms with Crippen LogP contribution < -0.4 is 4.72 Å². The van der Waals surface area contributed by atoms with Gasteiger partial charge in [0.1, 0.15) is 5.76 Å². The first-order valence-corrected chi connectivity index (χ1v) is 8.68. The molecular weight excluding hydrogens is 306 g/mol. The number of aryl methyl sites for hydroxylation is 3. The van der Waals surface area contributed by atoms with E-state index >= 15 is 0 Å². The molecule has 1 aromatic heterocycles. The zero-order valence-electron chi connectivity index (χ0n) is 14.9. The third kappa shape index (κ3) is 5.75. The lowest BCUT2D eigenvalue weighted by molar-refractivity contribution is 0.391. The predicted octanol–water partition coefficient (Wildman–Crippen LogP) is 5.77. The molecule has 2 aromatic rings. The van der Waals surface area contributed by atoms with Crippen molar-refractivity contribution in [3.05, 3.63) is 40.8 Å². The van der Waals surface area contributed by atoms with E-state index in [1.54, 1.807) is 0 Å². The molecule has 2 N–H and O–H groups in total. The van der Waals surface area contributed by atoms with Crippen molar-refractivity contribution >= 4 is 23.8 Å². The van der Waals surface area contributed by atoms with Crippen LogP contribution in [0.2, 0.25) is 0 Å². The number of nitrogens with one attached hydrogen (secondary N) is 2. The van der Waals surface area contributed by atoms with Gasteiger partial charge in [0.2, 0.25) is 0 Å². The van der Waals surface area contributed by atoms with Gasteiger partial charge in [-0.3, -0.25) is 0 Å². The minimum atomic E-state index is 0.800. The lowest BCUT2D eigenvalue weighted by Gasteiger charge is -2.10. The molecule has 0 spiro atoms. The van der Waals surface area contributed by atoms with E-state index < -0.39 is 0 Å². The highest BCUT2D eigenvalue weighted by molar-refractivity contribution is 8.00. The van der Waals surface area contributed by atoms with Gasteiger partial charge in [0.05, 0.1) is 16.3 Å². The van der Waals surface area contributed by atoms with Crippen LogP contribution in [-0.2, 0) is 0 Å². The van der Waals surface area contributed by atoms with Gasteiger partial charge in [-0.25, -0.2) is 0 Å². The Kier molecular flexibility index (Phi) is 7.89. The average molecular weight is 334 g/mol. The minimum Gasteiger partial charge on any atom is -0.360 e. The Morgan fingerprint density at radius 3 is 2.43 bits per heavy atom. The largest absolute Gasteiger partial charge is 0.360 e. The smallest absolute Gasteiger partial charge is 0.149 e. The minimum absolute atomic E-state index is 0.800. The zero-order chi connectivity index (χ0) is 17.4. The summed E-state index contributed by atoms with van der Waals surface area (Å²) in [7, 11) is 0. The molecule has 0 saturated carbocycles. The van der Waals surface area contributed by atoms with Crippen LogP contribution in [0.1, 0.15) is 49.8 Å². The van der Waals surface area contributed by atoms with E-state index in [9.17, 15) is 0 Å². The molecule has 5 heteroatoms. The summed E-state index contributed by atoms with van der Waals surface area (Å²) < 4.78 is 8.36. The molecule has 126 valence electrons. The number of anilines is 1. The molecule has 0 unspecified atom stereocenters. The maximum Gasteiger partial charge on any atom is 0.149 e. The van der Waals surface area contributed by atoms with Crippen LogP contribution in [0.3, 0.4) is 0 Å². The molecule has 2 rings (SSSR count). The van der Waals surface area contributed by atoms with E-state index in [4.69, 9.17) is 9.93 Å². The molecule has 0 fully saturated rings. The third-order valence-electron chi connectivity index (χ3n) is 3.52. The van der Waals surface area contributed by atoms with Crippen molar-refractivity contribution in [2.45, 2.75) is 52.9 Å². The molecule has 0 aliphatic rings. The summed E-state index contributed by atoms with van der Waals surface area (Å²) in [6.45, 7) is 12.4. The molecule has 0 aliphatic carbocycles. The number of hydrogen-bond donors (Lipinski definition) is 2. The maximum absolute atomic E-state index is 7.46. The molecule has 23 heavy (non-hydrogen) atoms. The molecule has 1 aromatic carbocycles. The Morgan fingerprint density at radius 2 is 1.96 bits per heavy atom. The molecule has 0 bridgehead atoms. The van der Waals surface area contributed by atoms with Gasteiger partial charge >= 0.3 is 0 Å². The van der Waals surface area contributed by atoms with Crippen LogP contribution in [0.4, 0.5) is 5.69 Å². The van der Waals surface area contributed by atoms with Gasteiger partial charge in [-0.1, -0.05) is 44.5 Å². The summed E-state index contributed by atoms with van der Waals surface area (Å²) in [5, 5.41) is 11.4. The van der Waals surface area contributed by atoms with Crippen LogP contribution in [0.25, 0.3) is 0 Å². The van der Waals surface area contributed by atoms with Crippen LogP contribution in [-0.4, -0.2) is 11.4 Å². The number of nitrogens with zero attached hydrogens (tertiary/aromatic N) is 1. The van der Waals surface area contributed by atoms with Crippen molar-refractivity contribution in [2.24, 2.45) is 5.92 Å². The van der Waals surface area contributed by atoms with Gasteiger partial charge in [-0.15, -0.1) is 0 Å². The first kappa shape index (κ1) is 19.3. The number of benzene rings is 1. The summed E-state index contributed by atoms with van der Waals surface area (Å²) in [5.74, 6) is 1.68. The Morgan fingerprint density at radius 1 is 1.30 bits per heavy atom. The van der Waals surface area contributed by atoms with Gasteiger partial charge in [-0.05, 0) is 50.3 Å². The summed E-state index contributed by atoms with van der Waals surface area (Å²) in [6, 6.07) is 5.92. The Labute approximate surface area is 143 Å². The Hall–Kier alpha value is -1.75. The van der Waals surface area contributed by atoms with E-state index in [0.717, 1.165) is 39.1 Å². The normalized spacial score (nSPS) is 10.2. The molecular formula is C18H27N3OS. The van der Waals surface area contributed by atoms with Gasteiger partial charge < -0.3 is 14.7 Å². The van der Waals surface area contributed by atoms with Crippen LogP contribution in [0, 0.1) is 32.1 Å². The van der Waals surface area contributed by atoms with Gasteiger partial charge in [0.15, 0.2) is 0 Å². The SMILES string of the molecule is CCC(C)C.Cc1cccc(NSc2c(C)noc2C)c1C=N. The topological polar surface area (TPSA) is 61.9 Å². The van der Waals surface area contributed by atoms with E-state index in [1.165, 1.54) is 24.6 Å². The molecule has 1 heterocycles. The zero-order valence-corrected chi connectivity index (χ0v) is 15.7. The second-order valence-corrected chi connectivity index (χ2v) is 6.66. The lowest BCUT2D eigenvalue weighted by atomic mass is 10.1. The second-order valence-electron chi connectivity index (χ2n) is 5.84. The fraction of sp³-hybridized carbons (Fsp3) is 0.444.